The Bertz CT molecular complexity index is 603. The lowest BCUT2D eigenvalue weighted by Crippen LogP contribution is -2.43. The lowest BCUT2D eigenvalue weighted by atomic mass is 10.2. The number of hydrogen-bond acceptors (Lipinski definition) is 4. The van der Waals surface area contributed by atoms with Gasteiger partial charge in [0.1, 0.15) is 0 Å². The molecule has 0 spiro atoms. The monoisotopic (exact) mass is 474 g/mol. The van der Waals surface area contributed by atoms with Crippen molar-refractivity contribution >= 4 is 29.9 Å². The number of hydrogen-bond donors (Lipinski definition) is 2. The zero-order valence-electron chi connectivity index (χ0n) is 16.0. The Morgan fingerprint density at radius 1 is 1.23 bits per heavy atom. The van der Waals surface area contributed by atoms with Crippen molar-refractivity contribution in [1.82, 2.24) is 15.5 Å². The molecule has 1 aromatic carbocycles. The number of nitrogens with one attached hydrogen (secondary N) is 2. The molecule has 1 aliphatic carbocycles. The van der Waals surface area contributed by atoms with Crippen LogP contribution in [0.25, 0.3) is 0 Å². The van der Waals surface area contributed by atoms with Gasteiger partial charge in [-0.05, 0) is 51.3 Å². The smallest absolute Gasteiger partial charge is 0.231 e. The van der Waals surface area contributed by atoms with Crippen LogP contribution in [0.1, 0.15) is 39.2 Å². The Morgan fingerprint density at radius 3 is 2.69 bits per heavy atom. The summed E-state index contributed by atoms with van der Waals surface area (Å²) in [5.41, 5.74) is 1.11. The van der Waals surface area contributed by atoms with Gasteiger partial charge in [0, 0.05) is 31.7 Å². The van der Waals surface area contributed by atoms with E-state index in [0.29, 0.717) is 19.4 Å². The molecule has 2 N–H and O–H groups in total. The summed E-state index contributed by atoms with van der Waals surface area (Å²) in [6.45, 7) is 10.4. The molecular formula is C19H31IN4O2. The van der Waals surface area contributed by atoms with E-state index in [-0.39, 0.29) is 24.0 Å². The molecule has 146 valence electrons. The standard InChI is InChI=1S/C19H30N4O2.HI/c1-4-20-19(21-9-10-23(14(2)3)16-6-7-16)22-12-15-5-8-17-18(11-15)25-13-24-17;/h5,8,11,14,16H,4,6-7,9-10,12-13H2,1-3H3,(H2,20,21,22);1H. The summed E-state index contributed by atoms with van der Waals surface area (Å²) in [4.78, 5) is 7.27. The molecule has 26 heavy (non-hydrogen) atoms. The minimum absolute atomic E-state index is 0. The van der Waals surface area contributed by atoms with Crippen LogP contribution in [0, 0.1) is 0 Å². The lowest BCUT2D eigenvalue weighted by molar-refractivity contribution is 0.174. The largest absolute Gasteiger partial charge is 0.454 e. The SMILES string of the molecule is CCNC(=NCc1ccc2c(c1)OCO2)NCCN(C(C)C)C1CC1.I. The maximum atomic E-state index is 5.43. The third kappa shape index (κ3) is 5.90. The Morgan fingerprint density at radius 2 is 2.00 bits per heavy atom. The number of aliphatic imine (C=N–C) groups is 1. The van der Waals surface area contributed by atoms with Crippen molar-refractivity contribution in [2.24, 2.45) is 4.99 Å². The normalized spacial score (nSPS) is 16.0. The molecule has 0 bridgehead atoms. The summed E-state index contributed by atoms with van der Waals surface area (Å²) in [7, 11) is 0. The van der Waals surface area contributed by atoms with Gasteiger partial charge in [-0.1, -0.05) is 6.07 Å². The van der Waals surface area contributed by atoms with Gasteiger partial charge in [0.25, 0.3) is 0 Å². The Kier molecular flexibility index (Phi) is 8.27. The van der Waals surface area contributed by atoms with Gasteiger partial charge in [-0.25, -0.2) is 4.99 Å². The molecule has 7 heteroatoms. The third-order valence-corrected chi connectivity index (χ3v) is 4.54. The molecule has 0 amide bonds. The highest BCUT2D eigenvalue weighted by Crippen LogP contribution is 2.32. The van der Waals surface area contributed by atoms with E-state index in [1.54, 1.807) is 0 Å². The number of halogens is 1. The lowest BCUT2D eigenvalue weighted by Gasteiger charge is -2.26. The van der Waals surface area contributed by atoms with E-state index >= 15 is 0 Å². The van der Waals surface area contributed by atoms with E-state index in [9.17, 15) is 0 Å². The number of benzene rings is 1. The van der Waals surface area contributed by atoms with E-state index < -0.39 is 0 Å². The average Bonchev–Trinajstić information content (AvgIpc) is 3.32. The molecule has 0 aromatic heterocycles. The highest BCUT2D eigenvalue weighted by molar-refractivity contribution is 14.0. The predicted octanol–water partition coefficient (Wildman–Crippen LogP) is 2.96. The first kappa shape index (κ1) is 21.1. The molecule has 3 rings (SSSR count). The molecule has 1 saturated carbocycles. The zero-order valence-corrected chi connectivity index (χ0v) is 18.3. The number of fused-ring (bicyclic) bond motifs is 1. The van der Waals surface area contributed by atoms with Gasteiger partial charge in [0.05, 0.1) is 6.54 Å². The first-order chi connectivity index (χ1) is 12.2. The molecule has 6 nitrogen and oxygen atoms in total. The highest BCUT2D eigenvalue weighted by Gasteiger charge is 2.30. The average molecular weight is 474 g/mol. The second-order valence-electron chi connectivity index (χ2n) is 6.87. The van der Waals surface area contributed by atoms with Crippen molar-refractivity contribution < 1.29 is 9.47 Å². The van der Waals surface area contributed by atoms with Gasteiger partial charge in [0.2, 0.25) is 6.79 Å². The zero-order chi connectivity index (χ0) is 17.6. The molecule has 2 aliphatic rings. The van der Waals surface area contributed by atoms with Crippen LogP contribution in [0.4, 0.5) is 0 Å². The van der Waals surface area contributed by atoms with E-state index in [1.165, 1.54) is 12.8 Å². The van der Waals surface area contributed by atoms with Gasteiger partial charge < -0.3 is 20.1 Å². The highest BCUT2D eigenvalue weighted by atomic mass is 127. The first-order valence-corrected chi connectivity index (χ1v) is 9.34. The van der Waals surface area contributed by atoms with Crippen LogP contribution < -0.4 is 20.1 Å². The summed E-state index contributed by atoms with van der Waals surface area (Å²) in [5, 5.41) is 6.77. The fraction of sp³-hybridized carbons (Fsp3) is 0.632. The molecular weight excluding hydrogens is 443 g/mol. The minimum atomic E-state index is 0. The quantitative estimate of drug-likeness (QED) is 0.345. The van der Waals surface area contributed by atoms with Crippen molar-refractivity contribution in [2.75, 3.05) is 26.4 Å². The van der Waals surface area contributed by atoms with Crippen LogP contribution in [0.3, 0.4) is 0 Å². The maximum absolute atomic E-state index is 5.43. The molecule has 0 radical (unpaired) electrons. The van der Waals surface area contributed by atoms with Crippen molar-refractivity contribution in [2.45, 2.75) is 52.2 Å². The number of ether oxygens (including phenoxy) is 2. The van der Waals surface area contributed by atoms with Crippen molar-refractivity contribution in [3.05, 3.63) is 23.8 Å². The second-order valence-corrected chi connectivity index (χ2v) is 6.87. The Hall–Kier alpha value is -1.22. The molecule has 0 saturated heterocycles. The van der Waals surface area contributed by atoms with E-state index in [0.717, 1.165) is 48.7 Å². The summed E-state index contributed by atoms with van der Waals surface area (Å²) in [6.07, 6.45) is 2.69. The number of guanidine groups is 1. The topological polar surface area (TPSA) is 58.1 Å². The van der Waals surface area contributed by atoms with Crippen molar-refractivity contribution in [3.63, 3.8) is 0 Å². The van der Waals surface area contributed by atoms with Crippen molar-refractivity contribution in [3.8, 4) is 11.5 Å². The number of rotatable bonds is 8. The van der Waals surface area contributed by atoms with Crippen molar-refractivity contribution in [1.29, 1.82) is 0 Å². The van der Waals surface area contributed by atoms with Gasteiger partial charge >= 0.3 is 0 Å². The van der Waals surface area contributed by atoms with Crippen LogP contribution in [-0.4, -0.2) is 49.4 Å². The fourth-order valence-electron chi connectivity index (χ4n) is 3.12. The number of nitrogens with zero attached hydrogens (tertiary/aromatic N) is 2. The third-order valence-electron chi connectivity index (χ3n) is 4.54. The van der Waals surface area contributed by atoms with E-state index in [4.69, 9.17) is 14.5 Å². The van der Waals surface area contributed by atoms with Gasteiger partial charge in [-0.15, -0.1) is 24.0 Å². The molecule has 1 aliphatic heterocycles. The fourth-order valence-corrected chi connectivity index (χ4v) is 3.12. The maximum Gasteiger partial charge on any atom is 0.231 e. The molecule has 1 aromatic rings. The summed E-state index contributed by atoms with van der Waals surface area (Å²) >= 11 is 0. The van der Waals surface area contributed by atoms with Crippen LogP contribution in [-0.2, 0) is 6.54 Å². The Labute approximate surface area is 173 Å². The minimum Gasteiger partial charge on any atom is -0.454 e. The molecule has 0 unspecified atom stereocenters. The van der Waals surface area contributed by atoms with Crippen LogP contribution >= 0.6 is 24.0 Å². The van der Waals surface area contributed by atoms with Gasteiger partial charge in [-0.3, -0.25) is 4.90 Å². The molecule has 0 atom stereocenters. The second kappa shape index (κ2) is 10.2. The van der Waals surface area contributed by atoms with E-state index in [1.807, 2.05) is 18.2 Å². The van der Waals surface area contributed by atoms with Crippen LogP contribution in [0.2, 0.25) is 0 Å². The van der Waals surface area contributed by atoms with Crippen LogP contribution in [0.15, 0.2) is 23.2 Å². The van der Waals surface area contributed by atoms with E-state index in [2.05, 4.69) is 36.3 Å². The molecule has 1 fully saturated rings. The van der Waals surface area contributed by atoms with Gasteiger partial charge in [0.15, 0.2) is 17.5 Å². The van der Waals surface area contributed by atoms with Crippen LogP contribution in [0.5, 0.6) is 11.5 Å². The van der Waals surface area contributed by atoms with Gasteiger partial charge in [-0.2, -0.15) is 0 Å². The molecule has 1 heterocycles. The first-order valence-electron chi connectivity index (χ1n) is 9.34. The predicted molar refractivity (Wildman–Crippen MR) is 116 cm³/mol. The summed E-state index contributed by atoms with van der Waals surface area (Å²) in [6, 6.07) is 7.37. The Balaban J connectivity index is 0.00000243. The summed E-state index contributed by atoms with van der Waals surface area (Å²) < 4.78 is 10.8. The summed E-state index contributed by atoms with van der Waals surface area (Å²) in [5.74, 6) is 2.48.